The van der Waals surface area contributed by atoms with E-state index in [1.165, 1.54) is 6.07 Å². The topological polar surface area (TPSA) is 97.6 Å². The number of nitrogens with one attached hydrogen (secondary N) is 1. The third-order valence-electron chi connectivity index (χ3n) is 4.66. The lowest BCUT2D eigenvalue weighted by atomic mass is 9.97. The minimum Gasteiger partial charge on any atom is -0.444 e. The first-order chi connectivity index (χ1) is 11.7. The van der Waals surface area contributed by atoms with Crippen LogP contribution in [0.25, 0.3) is 0 Å². The molecule has 136 valence electrons. The summed E-state index contributed by atoms with van der Waals surface area (Å²) in [6, 6.07) is 3.27. The molecule has 3 atom stereocenters. The van der Waals surface area contributed by atoms with Gasteiger partial charge in [0.1, 0.15) is 5.60 Å². The lowest BCUT2D eigenvalue weighted by Gasteiger charge is -2.39. The maximum atomic E-state index is 12.5. The summed E-state index contributed by atoms with van der Waals surface area (Å²) in [6.07, 6.45) is 4.63. The molecule has 1 aromatic heterocycles. The van der Waals surface area contributed by atoms with E-state index < -0.39 is 10.5 Å². The zero-order valence-electron chi connectivity index (χ0n) is 14.8. The van der Waals surface area contributed by atoms with Crippen molar-refractivity contribution in [3.8, 4) is 0 Å². The van der Waals surface area contributed by atoms with Crippen LogP contribution in [0.1, 0.15) is 46.5 Å². The highest BCUT2D eigenvalue weighted by Gasteiger charge is 2.45. The largest absolute Gasteiger partial charge is 0.444 e. The molecule has 1 N–H and O–H groups in total. The molecule has 0 radical (unpaired) electrons. The maximum absolute atomic E-state index is 12.5. The normalized spacial score (nSPS) is 25.6. The molecule has 1 unspecified atom stereocenters. The van der Waals surface area contributed by atoms with E-state index in [1.54, 1.807) is 12.3 Å². The summed E-state index contributed by atoms with van der Waals surface area (Å²) in [5, 5.41) is 14.3. The molecule has 1 amide bonds. The van der Waals surface area contributed by atoms with E-state index in [-0.39, 0.29) is 29.9 Å². The van der Waals surface area contributed by atoms with Crippen molar-refractivity contribution in [2.75, 3.05) is 5.32 Å². The van der Waals surface area contributed by atoms with Crippen molar-refractivity contribution in [1.82, 2.24) is 9.88 Å². The average Bonchev–Trinajstić information content (AvgIpc) is 2.78. The third kappa shape index (κ3) is 3.83. The van der Waals surface area contributed by atoms with Gasteiger partial charge in [-0.05, 0) is 52.5 Å². The molecule has 2 fully saturated rings. The van der Waals surface area contributed by atoms with Crippen LogP contribution in [0.3, 0.4) is 0 Å². The number of hydrogen-bond donors (Lipinski definition) is 1. The zero-order valence-corrected chi connectivity index (χ0v) is 14.8. The molecule has 3 heterocycles. The number of pyridine rings is 1. The second-order valence-electron chi connectivity index (χ2n) is 7.71. The molecule has 2 saturated heterocycles. The van der Waals surface area contributed by atoms with E-state index in [9.17, 15) is 14.9 Å². The quantitative estimate of drug-likeness (QED) is 0.664. The van der Waals surface area contributed by atoms with Crippen LogP contribution in [0.4, 0.5) is 16.3 Å². The van der Waals surface area contributed by atoms with Crippen LogP contribution in [0, 0.1) is 10.1 Å². The SMILES string of the molecule is CC(C)(C)OC(=O)N1[C@@H]2CC[C@H]1CC(Nc1ncccc1[N+](=O)[O-])C2. The van der Waals surface area contributed by atoms with Crippen LogP contribution in [0.2, 0.25) is 0 Å². The molecular weight excluding hydrogens is 324 g/mol. The Bertz CT molecular complexity index is 659. The van der Waals surface area contributed by atoms with Crippen LogP contribution in [-0.4, -0.2) is 44.6 Å². The lowest BCUT2D eigenvalue weighted by molar-refractivity contribution is -0.384. The summed E-state index contributed by atoms with van der Waals surface area (Å²) in [5.41, 5.74) is -0.537. The number of piperidine rings is 1. The van der Waals surface area contributed by atoms with Crippen molar-refractivity contribution < 1.29 is 14.5 Å². The molecular formula is C17H24N4O4. The molecule has 2 aliphatic rings. The maximum Gasteiger partial charge on any atom is 0.410 e. The first-order valence-electron chi connectivity index (χ1n) is 8.62. The molecule has 2 aliphatic heterocycles. The first kappa shape index (κ1) is 17.4. The monoisotopic (exact) mass is 348 g/mol. The molecule has 0 spiro atoms. The number of nitro groups is 1. The molecule has 0 aliphatic carbocycles. The van der Waals surface area contributed by atoms with Crippen LogP contribution in [-0.2, 0) is 4.74 Å². The predicted molar refractivity (Wildman–Crippen MR) is 92.4 cm³/mol. The summed E-state index contributed by atoms with van der Waals surface area (Å²) in [6.45, 7) is 5.59. The number of carbonyl (C=O) groups excluding carboxylic acids is 1. The summed E-state index contributed by atoms with van der Waals surface area (Å²) >= 11 is 0. The van der Waals surface area contributed by atoms with Gasteiger partial charge in [0.05, 0.1) is 4.92 Å². The van der Waals surface area contributed by atoms with Crippen LogP contribution < -0.4 is 5.32 Å². The van der Waals surface area contributed by atoms with Gasteiger partial charge in [0, 0.05) is 30.4 Å². The van der Waals surface area contributed by atoms with E-state index in [1.807, 2.05) is 25.7 Å². The van der Waals surface area contributed by atoms with Gasteiger partial charge < -0.3 is 15.0 Å². The van der Waals surface area contributed by atoms with Gasteiger partial charge in [-0.1, -0.05) is 0 Å². The van der Waals surface area contributed by atoms with Gasteiger partial charge in [-0.3, -0.25) is 10.1 Å². The Labute approximate surface area is 146 Å². The fourth-order valence-electron chi connectivity index (χ4n) is 3.76. The van der Waals surface area contributed by atoms with E-state index >= 15 is 0 Å². The van der Waals surface area contributed by atoms with Crippen molar-refractivity contribution in [2.45, 2.75) is 70.2 Å². The van der Waals surface area contributed by atoms with E-state index in [0.717, 1.165) is 25.7 Å². The van der Waals surface area contributed by atoms with Crippen LogP contribution in [0.5, 0.6) is 0 Å². The number of rotatable bonds is 3. The first-order valence-corrected chi connectivity index (χ1v) is 8.62. The molecule has 1 aromatic rings. The number of nitrogens with zero attached hydrogens (tertiary/aromatic N) is 3. The fourth-order valence-corrected chi connectivity index (χ4v) is 3.76. The van der Waals surface area contributed by atoms with E-state index in [0.29, 0.717) is 5.82 Å². The van der Waals surface area contributed by atoms with Gasteiger partial charge in [-0.25, -0.2) is 9.78 Å². The Morgan fingerprint density at radius 3 is 2.56 bits per heavy atom. The second-order valence-corrected chi connectivity index (χ2v) is 7.71. The lowest BCUT2D eigenvalue weighted by Crippen LogP contribution is -2.51. The number of amides is 1. The molecule has 2 bridgehead atoms. The van der Waals surface area contributed by atoms with Gasteiger partial charge in [0.15, 0.2) is 0 Å². The highest BCUT2D eigenvalue weighted by Crippen LogP contribution is 2.38. The smallest absolute Gasteiger partial charge is 0.410 e. The highest BCUT2D eigenvalue weighted by atomic mass is 16.6. The summed E-state index contributed by atoms with van der Waals surface area (Å²) in [7, 11) is 0. The van der Waals surface area contributed by atoms with Crippen molar-refractivity contribution in [3.05, 3.63) is 28.4 Å². The summed E-state index contributed by atoms with van der Waals surface area (Å²) in [4.78, 5) is 29.1. The molecule has 3 rings (SSSR count). The molecule has 0 saturated carbocycles. The Morgan fingerprint density at radius 1 is 1.36 bits per heavy atom. The van der Waals surface area contributed by atoms with Gasteiger partial charge in [0.25, 0.3) is 0 Å². The number of aromatic nitrogens is 1. The standard InChI is InChI=1S/C17H24N4O4/c1-17(2,3)25-16(22)20-12-6-7-13(20)10-11(9-12)19-15-14(21(23)24)5-4-8-18-15/h4-5,8,11-13H,6-7,9-10H2,1-3H3,(H,18,19)/t11?,12-,13+. The minimum atomic E-state index is -0.514. The van der Waals surface area contributed by atoms with Crippen LogP contribution >= 0.6 is 0 Å². The van der Waals surface area contributed by atoms with Gasteiger partial charge >= 0.3 is 11.8 Å². The number of ether oxygens (including phenoxy) is 1. The van der Waals surface area contributed by atoms with Crippen molar-refractivity contribution >= 4 is 17.6 Å². The van der Waals surface area contributed by atoms with Gasteiger partial charge in [-0.2, -0.15) is 0 Å². The Hall–Kier alpha value is -2.38. The minimum absolute atomic E-state index is 0.0237. The number of hydrogen-bond acceptors (Lipinski definition) is 6. The fraction of sp³-hybridized carbons (Fsp3) is 0.647. The second kappa shape index (κ2) is 6.50. The predicted octanol–water partition coefficient (Wildman–Crippen LogP) is 3.33. The van der Waals surface area contributed by atoms with Crippen LogP contribution in [0.15, 0.2) is 18.3 Å². The molecule has 8 heteroatoms. The van der Waals surface area contributed by atoms with Crippen molar-refractivity contribution in [3.63, 3.8) is 0 Å². The molecule has 0 aromatic carbocycles. The molecule has 25 heavy (non-hydrogen) atoms. The van der Waals surface area contributed by atoms with E-state index in [2.05, 4.69) is 10.3 Å². The summed E-state index contributed by atoms with van der Waals surface area (Å²) < 4.78 is 5.53. The molecule has 8 nitrogen and oxygen atoms in total. The zero-order chi connectivity index (χ0) is 18.2. The number of anilines is 1. The van der Waals surface area contributed by atoms with Crippen molar-refractivity contribution in [2.24, 2.45) is 0 Å². The Balaban J connectivity index is 1.68. The third-order valence-corrected chi connectivity index (χ3v) is 4.66. The van der Waals surface area contributed by atoms with Crippen molar-refractivity contribution in [1.29, 1.82) is 0 Å². The Morgan fingerprint density at radius 2 is 2.00 bits per heavy atom. The number of carbonyl (C=O) groups is 1. The van der Waals surface area contributed by atoms with E-state index in [4.69, 9.17) is 4.74 Å². The van der Waals surface area contributed by atoms with Gasteiger partial charge in [0.2, 0.25) is 5.82 Å². The Kier molecular flexibility index (Phi) is 4.53. The highest BCUT2D eigenvalue weighted by molar-refractivity contribution is 5.70. The summed E-state index contributed by atoms with van der Waals surface area (Å²) in [5.74, 6) is 0.294. The average molecular weight is 348 g/mol. The van der Waals surface area contributed by atoms with Gasteiger partial charge in [-0.15, -0.1) is 0 Å². The number of fused-ring (bicyclic) bond motifs is 2.